The van der Waals surface area contributed by atoms with Gasteiger partial charge in [-0.3, -0.25) is 4.90 Å². The summed E-state index contributed by atoms with van der Waals surface area (Å²) in [7, 11) is 0. The second kappa shape index (κ2) is 4.51. The van der Waals surface area contributed by atoms with Gasteiger partial charge in [0.2, 0.25) is 0 Å². The van der Waals surface area contributed by atoms with Gasteiger partial charge in [0, 0.05) is 32.4 Å². The van der Waals surface area contributed by atoms with Crippen molar-refractivity contribution in [1.82, 2.24) is 19.9 Å². The lowest BCUT2D eigenvalue weighted by molar-refractivity contribution is -0.0290. The van der Waals surface area contributed by atoms with E-state index in [1.807, 2.05) is 10.9 Å². The van der Waals surface area contributed by atoms with E-state index in [0.717, 1.165) is 26.2 Å². The molecule has 1 atom stereocenters. The van der Waals surface area contributed by atoms with Crippen LogP contribution in [0.3, 0.4) is 0 Å². The van der Waals surface area contributed by atoms with Gasteiger partial charge in [0.25, 0.3) is 0 Å². The minimum Gasteiger partial charge on any atom is -0.377 e. The van der Waals surface area contributed by atoms with Gasteiger partial charge in [0.15, 0.2) is 0 Å². The van der Waals surface area contributed by atoms with Gasteiger partial charge in [-0.15, -0.1) is 5.10 Å². The van der Waals surface area contributed by atoms with Gasteiger partial charge in [-0.1, -0.05) is 5.21 Å². The molecular formula is C11H18N4O. The topological polar surface area (TPSA) is 43.2 Å². The van der Waals surface area contributed by atoms with Crippen LogP contribution in [-0.2, 0) is 4.74 Å². The zero-order valence-electron chi connectivity index (χ0n) is 9.46. The lowest BCUT2D eigenvalue weighted by Gasteiger charge is -2.41. The van der Waals surface area contributed by atoms with Crippen LogP contribution in [0, 0.1) is 0 Å². The van der Waals surface area contributed by atoms with E-state index < -0.39 is 0 Å². The Hall–Kier alpha value is -0.940. The molecule has 2 fully saturated rings. The van der Waals surface area contributed by atoms with Gasteiger partial charge >= 0.3 is 0 Å². The largest absolute Gasteiger partial charge is 0.377 e. The highest BCUT2D eigenvalue weighted by Crippen LogP contribution is 2.22. The first-order chi connectivity index (χ1) is 7.92. The number of aromatic nitrogens is 3. The monoisotopic (exact) mass is 222 g/mol. The van der Waals surface area contributed by atoms with Crippen LogP contribution in [0.2, 0.25) is 0 Å². The van der Waals surface area contributed by atoms with E-state index in [9.17, 15) is 0 Å². The molecule has 2 aliphatic heterocycles. The first kappa shape index (κ1) is 10.2. The Morgan fingerprint density at radius 3 is 2.94 bits per heavy atom. The summed E-state index contributed by atoms with van der Waals surface area (Å²) in [4.78, 5) is 2.45. The third-order valence-electron chi connectivity index (χ3n) is 3.49. The van der Waals surface area contributed by atoms with Gasteiger partial charge in [-0.2, -0.15) is 0 Å². The van der Waals surface area contributed by atoms with Crippen LogP contribution in [0.15, 0.2) is 12.4 Å². The standard InChI is InChI=1S/C11H18N4O/c1-2-6-16-11(3-1)9-14-7-10(8-14)15-5-4-12-13-15/h4-5,10-11H,1-3,6-9H2. The summed E-state index contributed by atoms with van der Waals surface area (Å²) in [6.07, 6.45) is 7.94. The summed E-state index contributed by atoms with van der Waals surface area (Å²) in [6, 6.07) is 0.520. The molecule has 2 aliphatic rings. The van der Waals surface area contributed by atoms with E-state index in [-0.39, 0.29) is 0 Å². The predicted molar refractivity (Wildman–Crippen MR) is 59.1 cm³/mol. The molecule has 0 amide bonds. The van der Waals surface area contributed by atoms with Crippen molar-refractivity contribution >= 4 is 0 Å². The molecule has 5 heteroatoms. The Kier molecular flexibility index (Phi) is 2.88. The second-order valence-electron chi connectivity index (χ2n) is 4.74. The first-order valence-corrected chi connectivity index (χ1v) is 6.11. The first-order valence-electron chi connectivity index (χ1n) is 6.11. The Labute approximate surface area is 95.4 Å². The van der Waals surface area contributed by atoms with Crippen molar-refractivity contribution in [1.29, 1.82) is 0 Å². The molecule has 1 aromatic heterocycles. The maximum absolute atomic E-state index is 5.73. The predicted octanol–water partition coefficient (Wildman–Crippen LogP) is 0.704. The molecule has 0 N–H and O–H groups in total. The minimum atomic E-state index is 0.463. The molecule has 1 unspecified atom stereocenters. The molecule has 2 saturated heterocycles. The normalized spacial score (nSPS) is 27.9. The van der Waals surface area contributed by atoms with Crippen LogP contribution in [0.1, 0.15) is 25.3 Å². The van der Waals surface area contributed by atoms with Crippen molar-refractivity contribution in [2.24, 2.45) is 0 Å². The molecule has 0 aliphatic carbocycles. The second-order valence-corrected chi connectivity index (χ2v) is 4.74. The SMILES string of the molecule is c1cn(C2CN(CC3CCCCO3)C2)nn1. The number of rotatable bonds is 3. The van der Waals surface area contributed by atoms with Gasteiger partial charge in [-0.05, 0) is 19.3 Å². The van der Waals surface area contributed by atoms with Gasteiger partial charge in [0.1, 0.15) is 0 Å². The number of likely N-dealkylation sites (tertiary alicyclic amines) is 1. The van der Waals surface area contributed by atoms with Crippen LogP contribution in [0.5, 0.6) is 0 Å². The molecule has 16 heavy (non-hydrogen) atoms. The molecule has 0 saturated carbocycles. The lowest BCUT2D eigenvalue weighted by Crippen LogP contribution is -2.51. The Bertz CT molecular complexity index is 315. The molecule has 88 valence electrons. The highest BCUT2D eigenvalue weighted by atomic mass is 16.5. The molecule has 1 aromatic rings. The summed E-state index contributed by atoms with van der Waals surface area (Å²) >= 11 is 0. The van der Waals surface area contributed by atoms with Gasteiger partial charge in [-0.25, -0.2) is 4.68 Å². The Morgan fingerprint density at radius 2 is 2.25 bits per heavy atom. The average Bonchev–Trinajstić information content (AvgIpc) is 2.77. The number of hydrogen-bond acceptors (Lipinski definition) is 4. The molecule has 0 radical (unpaired) electrons. The fraction of sp³-hybridized carbons (Fsp3) is 0.818. The number of nitrogens with zero attached hydrogens (tertiary/aromatic N) is 4. The lowest BCUT2D eigenvalue weighted by atomic mass is 10.0. The van der Waals surface area contributed by atoms with Crippen LogP contribution in [0.25, 0.3) is 0 Å². The Morgan fingerprint density at radius 1 is 1.31 bits per heavy atom. The van der Waals surface area contributed by atoms with Crippen molar-refractivity contribution in [3.05, 3.63) is 12.4 Å². The summed E-state index contributed by atoms with van der Waals surface area (Å²) in [6.45, 7) is 4.21. The summed E-state index contributed by atoms with van der Waals surface area (Å²) < 4.78 is 7.69. The highest BCUT2D eigenvalue weighted by Gasteiger charge is 2.30. The van der Waals surface area contributed by atoms with Crippen LogP contribution in [-0.4, -0.2) is 52.2 Å². The molecule has 0 bridgehead atoms. The molecular weight excluding hydrogens is 204 g/mol. The third-order valence-corrected chi connectivity index (χ3v) is 3.49. The van der Waals surface area contributed by atoms with E-state index in [0.29, 0.717) is 12.1 Å². The van der Waals surface area contributed by atoms with E-state index in [1.165, 1.54) is 19.3 Å². The molecule has 3 heterocycles. The summed E-state index contributed by atoms with van der Waals surface area (Å²) in [5.74, 6) is 0. The van der Waals surface area contributed by atoms with E-state index in [4.69, 9.17) is 4.74 Å². The maximum Gasteiger partial charge on any atom is 0.0790 e. The summed E-state index contributed by atoms with van der Waals surface area (Å²) in [5, 5.41) is 7.86. The molecule has 0 aromatic carbocycles. The van der Waals surface area contributed by atoms with Crippen molar-refractivity contribution in [3.8, 4) is 0 Å². The van der Waals surface area contributed by atoms with E-state index >= 15 is 0 Å². The minimum absolute atomic E-state index is 0.463. The van der Waals surface area contributed by atoms with Crippen molar-refractivity contribution in [2.75, 3.05) is 26.2 Å². The Balaban J connectivity index is 1.43. The third kappa shape index (κ3) is 2.10. The van der Waals surface area contributed by atoms with Crippen LogP contribution < -0.4 is 0 Å². The molecule has 0 spiro atoms. The molecule has 3 rings (SSSR count). The van der Waals surface area contributed by atoms with Crippen LogP contribution >= 0.6 is 0 Å². The zero-order valence-corrected chi connectivity index (χ0v) is 9.46. The van der Waals surface area contributed by atoms with Crippen molar-refractivity contribution < 1.29 is 4.74 Å². The number of hydrogen-bond donors (Lipinski definition) is 0. The van der Waals surface area contributed by atoms with Gasteiger partial charge in [0.05, 0.1) is 18.3 Å². The average molecular weight is 222 g/mol. The zero-order chi connectivity index (χ0) is 10.8. The number of ether oxygens (including phenoxy) is 1. The van der Waals surface area contributed by atoms with E-state index in [1.54, 1.807) is 6.20 Å². The maximum atomic E-state index is 5.73. The molecule has 5 nitrogen and oxygen atoms in total. The van der Waals surface area contributed by atoms with Crippen molar-refractivity contribution in [2.45, 2.75) is 31.4 Å². The quantitative estimate of drug-likeness (QED) is 0.755. The highest BCUT2D eigenvalue weighted by molar-refractivity contribution is 4.87. The van der Waals surface area contributed by atoms with Crippen LogP contribution in [0.4, 0.5) is 0 Å². The smallest absolute Gasteiger partial charge is 0.0790 e. The fourth-order valence-electron chi connectivity index (χ4n) is 2.51. The fourth-order valence-corrected chi connectivity index (χ4v) is 2.51. The van der Waals surface area contributed by atoms with E-state index in [2.05, 4.69) is 15.2 Å². The summed E-state index contributed by atoms with van der Waals surface area (Å²) in [5.41, 5.74) is 0. The van der Waals surface area contributed by atoms with Gasteiger partial charge < -0.3 is 4.74 Å². The van der Waals surface area contributed by atoms with Crippen molar-refractivity contribution in [3.63, 3.8) is 0 Å².